The average Bonchev–Trinajstić information content (AvgIpc) is 3.05. The van der Waals surface area contributed by atoms with Crippen molar-refractivity contribution in [3.05, 3.63) is 63.6 Å². The van der Waals surface area contributed by atoms with Gasteiger partial charge in [-0.1, -0.05) is 15.9 Å². The number of carbonyl (C=O) groups excluding carboxylic acids is 2. The summed E-state index contributed by atoms with van der Waals surface area (Å²) in [7, 11) is 0. The van der Waals surface area contributed by atoms with Crippen LogP contribution in [0, 0.1) is 6.92 Å². The van der Waals surface area contributed by atoms with Crippen LogP contribution in [0.1, 0.15) is 21.9 Å². The van der Waals surface area contributed by atoms with Crippen molar-refractivity contribution in [1.82, 2.24) is 15.0 Å². The van der Waals surface area contributed by atoms with Crippen LogP contribution >= 0.6 is 27.3 Å². The van der Waals surface area contributed by atoms with E-state index in [1.54, 1.807) is 11.4 Å². The Morgan fingerprint density at radius 1 is 1.19 bits per heavy atom. The molecule has 0 saturated heterocycles. The zero-order chi connectivity index (χ0) is 18.5. The monoisotopic (exact) mass is 431 g/mol. The summed E-state index contributed by atoms with van der Waals surface area (Å²) in [5.74, 6) is -0.556. The standard InChI is InChI=1S/C17H14BrN5O2S/c1-10-7-11(18)3-4-13(10)22-14(24)8-12-9-26-17(21-12)23-16(25)15-19-5-2-6-20-15/h2-7,9H,8H2,1H3,(H,22,24)(H,21,23,25). The first-order valence-electron chi connectivity index (χ1n) is 7.60. The Labute approximate surface area is 162 Å². The van der Waals surface area contributed by atoms with E-state index in [-0.39, 0.29) is 18.2 Å². The van der Waals surface area contributed by atoms with Crippen molar-refractivity contribution in [2.45, 2.75) is 13.3 Å². The fourth-order valence-electron chi connectivity index (χ4n) is 2.14. The zero-order valence-corrected chi connectivity index (χ0v) is 16.1. The summed E-state index contributed by atoms with van der Waals surface area (Å²) < 4.78 is 0.954. The van der Waals surface area contributed by atoms with E-state index in [1.807, 2.05) is 25.1 Å². The van der Waals surface area contributed by atoms with Gasteiger partial charge in [0.1, 0.15) is 0 Å². The maximum absolute atomic E-state index is 12.2. The van der Waals surface area contributed by atoms with Gasteiger partial charge in [0, 0.05) is 27.9 Å². The second-order valence-electron chi connectivity index (χ2n) is 5.35. The highest BCUT2D eigenvalue weighted by Crippen LogP contribution is 2.21. The molecular formula is C17H14BrN5O2S. The Morgan fingerprint density at radius 3 is 2.69 bits per heavy atom. The minimum atomic E-state index is -0.443. The molecule has 0 aliphatic carbocycles. The number of hydrogen-bond donors (Lipinski definition) is 2. The summed E-state index contributed by atoms with van der Waals surface area (Å²) in [6.07, 6.45) is 3.09. The number of thiazole rings is 1. The van der Waals surface area contributed by atoms with E-state index < -0.39 is 5.91 Å². The molecule has 9 heteroatoms. The van der Waals surface area contributed by atoms with Gasteiger partial charge in [-0.2, -0.15) is 0 Å². The number of benzene rings is 1. The van der Waals surface area contributed by atoms with Gasteiger partial charge in [0.05, 0.1) is 12.1 Å². The Balaban J connectivity index is 1.59. The van der Waals surface area contributed by atoms with Gasteiger partial charge in [0.15, 0.2) is 5.13 Å². The third-order valence-corrected chi connectivity index (χ3v) is 4.65. The van der Waals surface area contributed by atoms with Gasteiger partial charge < -0.3 is 5.32 Å². The lowest BCUT2D eigenvalue weighted by atomic mass is 10.2. The number of anilines is 2. The van der Waals surface area contributed by atoms with E-state index in [0.29, 0.717) is 10.8 Å². The Hall–Kier alpha value is -2.65. The number of nitrogens with zero attached hydrogens (tertiary/aromatic N) is 3. The van der Waals surface area contributed by atoms with Gasteiger partial charge in [-0.05, 0) is 36.8 Å². The molecule has 0 bridgehead atoms. The molecule has 0 unspecified atom stereocenters. The molecule has 2 N–H and O–H groups in total. The fraction of sp³-hybridized carbons (Fsp3) is 0.118. The first-order valence-corrected chi connectivity index (χ1v) is 9.27. The normalized spacial score (nSPS) is 10.4. The number of aromatic nitrogens is 3. The van der Waals surface area contributed by atoms with Crippen LogP contribution in [-0.4, -0.2) is 26.8 Å². The minimum absolute atomic E-state index is 0.0627. The molecule has 0 atom stereocenters. The number of hydrogen-bond acceptors (Lipinski definition) is 6. The van der Waals surface area contributed by atoms with Crippen molar-refractivity contribution in [3.63, 3.8) is 0 Å². The molecule has 26 heavy (non-hydrogen) atoms. The lowest BCUT2D eigenvalue weighted by molar-refractivity contribution is -0.115. The molecule has 3 rings (SSSR count). The fourth-order valence-corrected chi connectivity index (χ4v) is 3.32. The molecule has 132 valence electrons. The van der Waals surface area contributed by atoms with Crippen molar-refractivity contribution in [3.8, 4) is 0 Å². The largest absolute Gasteiger partial charge is 0.326 e. The highest BCUT2D eigenvalue weighted by atomic mass is 79.9. The molecule has 2 aromatic heterocycles. The molecule has 0 aliphatic heterocycles. The minimum Gasteiger partial charge on any atom is -0.326 e. The first-order chi connectivity index (χ1) is 12.5. The maximum atomic E-state index is 12.2. The summed E-state index contributed by atoms with van der Waals surface area (Å²) in [6, 6.07) is 7.26. The smallest absolute Gasteiger partial charge is 0.295 e. The molecule has 0 saturated carbocycles. The number of amides is 2. The molecule has 0 aliphatic rings. The lowest BCUT2D eigenvalue weighted by Gasteiger charge is -2.08. The van der Waals surface area contributed by atoms with Crippen LogP contribution in [0.4, 0.5) is 10.8 Å². The summed E-state index contributed by atoms with van der Waals surface area (Å²) in [6.45, 7) is 1.92. The van der Waals surface area contributed by atoms with Crippen molar-refractivity contribution in [2.75, 3.05) is 10.6 Å². The number of rotatable bonds is 5. The van der Waals surface area contributed by atoms with Crippen LogP contribution in [-0.2, 0) is 11.2 Å². The third kappa shape index (κ3) is 4.70. The molecule has 3 aromatic rings. The van der Waals surface area contributed by atoms with Gasteiger partial charge in [-0.3, -0.25) is 14.9 Å². The van der Waals surface area contributed by atoms with Crippen molar-refractivity contribution in [2.24, 2.45) is 0 Å². The van der Waals surface area contributed by atoms with Crippen LogP contribution in [0.15, 0.2) is 46.5 Å². The van der Waals surface area contributed by atoms with E-state index in [9.17, 15) is 9.59 Å². The molecular weight excluding hydrogens is 418 g/mol. The summed E-state index contributed by atoms with van der Waals surface area (Å²) >= 11 is 4.63. The number of carbonyl (C=O) groups is 2. The molecule has 0 fully saturated rings. The molecule has 2 heterocycles. The van der Waals surface area contributed by atoms with Gasteiger partial charge >= 0.3 is 0 Å². The van der Waals surface area contributed by atoms with E-state index >= 15 is 0 Å². The molecule has 1 aromatic carbocycles. The van der Waals surface area contributed by atoms with Gasteiger partial charge in [0.2, 0.25) is 11.7 Å². The van der Waals surface area contributed by atoms with Crippen LogP contribution < -0.4 is 10.6 Å². The second kappa shape index (κ2) is 8.15. The zero-order valence-electron chi connectivity index (χ0n) is 13.7. The van der Waals surface area contributed by atoms with E-state index in [0.717, 1.165) is 15.7 Å². The average molecular weight is 432 g/mol. The van der Waals surface area contributed by atoms with Gasteiger partial charge in [-0.25, -0.2) is 15.0 Å². The Morgan fingerprint density at radius 2 is 1.96 bits per heavy atom. The van der Waals surface area contributed by atoms with Crippen LogP contribution in [0.5, 0.6) is 0 Å². The predicted molar refractivity (Wildman–Crippen MR) is 103 cm³/mol. The molecule has 0 spiro atoms. The van der Waals surface area contributed by atoms with E-state index in [4.69, 9.17) is 0 Å². The SMILES string of the molecule is Cc1cc(Br)ccc1NC(=O)Cc1csc(NC(=O)c2ncccn2)n1. The molecule has 2 amide bonds. The number of nitrogens with one attached hydrogen (secondary N) is 2. The highest BCUT2D eigenvalue weighted by Gasteiger charge is 2.13. The van der Waals surface area contributed by atoms with Crippen molar-refractivity contribution >= 4 is 49.9 Å². The molecule has 0 radical (unpaired) electrons. The third-order valence-electron chi connectivity index (χ3n) is 3.35. The van der Waals surface area contributed by atoms with E-state index in [2.05, 4.69) is 41.5 Å². The number of halogens is 1. The van der Waals surface area contributed by atoms with Crippen molar-refractivity contribution in [1.29, 1.82) is 0 Å². The topological polar surface area (TPSA) is 96.9 Å². The summed E-state index contributed by atoms with van der Waals surface area (Å²) in [5, 5.41) is 7.61. The maximum Gasteiger partial charge on any atom is 0.295 e. The van der Waals surface area contributed by atoms with Crippen molar-refractivity contribution < 1.29 is 9.59 Å². The summed E-state index contributed by atoms with van der Waals surface area (Å²) in [4.78, 5) is 36.2. The first kappa shape index (κ1) is 18.2. The Kier molecular flexibility index (Phi) is 5.69. The highest BCUT2D eigenvalue weighted by molar-refractivity contribution is 9.10. The van der Waals surface area contributed by atoms with Gasteiger partial charge in [0.25, 0.3) is 5.91 Å². The second-order valence-corrected chi connectivity index (χ2v) is 7.13. The molecule has 7 nitrogen and oxygen atoms in total. The van der Waals surface area contributed by atoms with Crippen LogP contribution in [0.25, 0.3) is 0 Å². The van der Waals surface area contributed by atoms with E-state index in [1.165, 1.54) is 23.7 Å². The Bertz CT molecular complexity index is 945. The lowest BCUT2D eigenvalue weighted by Crippen LogP contribution is -2.16. The number of aryl methyl sites for hydroxylation is 1. The summed E-state index contributed by atoms with van der Waals surface area (Å²) in [5.41, 5.74) is 2.29. The predicted octanol–water partition coefficient (Wildman–Crippen LogP) is 3.44. The van der Waals surface area contributed by atoms with Crippen LogP contribution in [0.3, 0.4) is 0 Å². The quantitative estimate of drug-likeness (QED) is 0.644. The van der Waals surface area contributed by atoms with Crippen LogP contribution in [0.2, 0.25) is 0 Å². The van der Waals surface area contributed by atoms with Gasteiger partial charge in [-0.15, -0.1) is 11.3 Å².